The fraction of sp³-hybridized carbons (Fsp3) is 0.636. The SMILES string of the molecule is COC[C@H]1O[C@@H](n2ccc(=O)[nH]c2=O)[C@@H](F)C1OP(C)(O)=S. The van der Waals surface area contributed by atoms with E-state index < -0.39 is 42.3 Å². The maximum absolute atomic E-state index is 14.6. The van der Waals surface area contributed by atoms with Crippen LogP contribution in [0, 0.1) is 0 Å². The number of ether oxygens (including phenoxy) is 2. The van der Waals surface area contributed by atoms with Crippen LogP contribution in [0.5, 0.6) is 0 Å². The zero-order valence-corrected chi connectivity index (χ0v) is 13.6. The molecule has 0 amide bonds. The lowest BCUT2D eigenvalue weighted by Gasteiger charge is -2.22. The van der Waals surface area contributed by atoms with E-state index in [1.807, 2.05) is 4.98 Å². The van der Waals surface area contributed by atoms with Crippen LogP contribution in [0.2, 0.25) is 0 Å². The zero-order chi connectivity index (χ0) is 16.5. The predicted molar refractivity (Wildman–Crippen MR) is 79.3 cm³/mol. The number of H-pyrrole nitrogens is 1. The van der Waals surface area contributed by atoms with E-state index in [1.54, 1.807) is 0 Å². The van der Waals surface area contributed by atoms with E-state index in [-0.39, 0.29) is 6.61 Å². The van der Waals surface area contributed by atoms with Gasteiger partial charge in [0.15, 0.2) is 18.9 Å². The van der Waals surface area contributed by atoms with Crippen LogP contribution in [-0.2, 0) is 25.8 Å². The summed E-state index contributed by atoms with van der Waals surface area (Å²) in [4.78, 5) is 34.5. The van der Waals surface area contributed by atoms with Gasteiger partial charge in [0.2, 0.25) is 0 Å². The molecule has 1 aromatic heterocycles. The lowest BCUT2D eigenvalue weighted by atomic mass is 10.1. The van der Waals surface area contributed by atoms with E-state index in [2.05, 4.69) is 0 Å². The van der Waals surface area contributed by atoms with Gasteiger partial charge in [0.1, 0.15) is 12.2 Å². The predicted octanol–water partition coefficient (Wildman–Crippen LogP) is -0.265. The normalized spacial score (nSPS) is 31.1. The Morgan fingerprint density at radius 3 is 2.82 bits per heavy atom. The molecule has 1 fully saturated rings. The van der Waals surface area contributed by atoms with Crippen LogP contribution >= 0.6 is 6.49 Å². The molecule has 0 bridgehead atoms. The Labute approximate surface area is 130 Å². The van der Waals surface area contributed by atoms with Gasteiger partial charge in [-0.25, -0.2) is 9.18 Å². The first-order chi connectivity index (χ1) is 10.2. The second-order valence-electron chi connectivity index (χ2n) is 4.86. The Kier molecular flexibility index (Phi) is 5.31. The maximum Gasteiger partial charge on any atom is 0.330 e. The number of aromatic nitrogens is 2. The first kappa shape index (κ1) is 17.5. The van der Waals surface area contributed by atoms with Gasteiger partial charge in [-0.15, -0.1) is 0 Å². The molecule has 2 N–H and O–H groups in total. The van der Waals surface area contributed by atoms with Crippen molar-refractivity contribution in [3.63, 3.8) is 0 Å². The molecule has 124 valence electrons. The Hall–Kier alpha value is -0.900. The quantitative estimate of drug-likeness (QED) is 0.702. The molecule has 1 saturated heterocycles. The third kappa shape index (κ3) is 3.89. The summed E-state index contributed by atoms with van der Waals surface area (Å²) in [5, 5.41) is 0. The third-order valence-electron chi connectivity index (χ3n) is 3.04. The number of nitrogens with zero attached hydrogens (tertiary/aromatic N) is 1. The summed E-state index contributed by atoms with van der Waals surface area (Å²) >= 11 is 4.78. The molecule has 1 aliphatic heterocycles. The lowest BCUT2D eigenvalue weighted by molar-refractivity contribution is -0.0547. The van der Waals surface area contributed by atoms with Gasteiger partial charge in [-0.3, -0.25) is 14.3 Å². The van der Waals surface area contributed by atoms with Gasteiger partial charge >= 0.3 is 5.69 Å². The number of rotatable bonds is 5. The minimum Gasteiger partial charge on any atom is -0.382 e. The molecular weight excluding hydrogens is 338 g/mol. The van der Waals surface area contributed by atoms with Crippen LogP contribution in [0.25, 0.3) is 0 Å². The molecule has 0 saturated carbocycles. The Bertz CT molecular complexity index is 688. The van der Waals surface area contributed by atoms with Crippen molar-refractivity contribution in [3.8, 4) is 0 Å². The fourth-order valence-corrected chi connectivity index (χ4v) is 3.20. The highest BCUT2D eigenvalue weighted by Gasteiger charge is 2.48. The topological polar surface area (TPSA) is 103 Å². The average molecular weight is 354 g/mol. The van der Waals surface area contributed by atoms with Gasteiger partial charge in [0.05, 0.1) is 6.61 Å². The van der Waals surface area contributed by atoms with Crippen molar-refractivity contribution in [2.24, 2.45) is 0 Å². The van der Waals surface area contributed by atoms with Gasteiger partial charge < -0.3 is 18.9 Å². The largest absolute Gasteiger partial charge is 0.382 e. The van der Waals surface area contributed by atoms with E-state index in [0.717, 1.165) is 16.8 Å². The van der Waals surface area contributed by atoms with Crippen molar-refractivity contribution in [2.75, 3.05) is 20.4 Å². The second-order valence-corrected chi connectivity index (χ2v) is 8.70. The summed E-state index contributed by atoms with van der Waals surface area (Å²) in [6, 6.07) is 1.08. The first-order valence-corrected chi connectivity index (χ1v) is 9.43. The molecule has 22 heavy (non-hydrogen) atoms. The summed E-state index contributed by atoms with van der Waals surface area (Å²) in [6.07, 6.45) is -3.97. The summed E-state index contributed by atoms with van der Waals surface area (Å²) in [6.45, 7) is -1.85. The van der Waals surface area contributed by atoms with Crippen molar-refractivity contribution < 1.29 is 23.3 Å². The minimum atomic E-state index is -3.14. The molecule has 1 aliphatic rings. The number of aromatic amines is 1. The van der Waals surface area contributed by atoms with Gasteiger partial charge in [-0.05, 0) is 11.8 Å². The van der Waals surface area contributed by atoms with Crippen LogP contribution in [0.1, 0.15) is 6.23 Å². The van der Waals surface area contributed by atoms with E-state index in [0.29, 0.717) is 0 Å². The monoisotopic (exact) mass is 354 g/mol. The van der Waals surface area contributed by atoms with Crippen molar-refractivity contribution in [2.45, 2.75) is 24.6 Å². The van der Waals surface area contributed by atoms with E-state index in [9.17, 15) is 18.9 Å². The number of alkyl halides is 1. The molecule has 5 atom stereocenters. The maximum atomic E-state index is 14.6. The van der Waals surface area contributed by atoms with Gasteiger partial charge in [-0.1, -0.05) is 0 Å². The van der Waals surface area contributed by atoms with Crippen LogP contribution in [0.3, 0.4) is 0 Å². The van der Waals surface area contributed by atoms with E-state index in [4.69, 9.17) is 25.8 Å². The number of hydrogen-bond donors (Lipinski definition) is 2. The standard InChI is InChI=1S/C11H16FN2O6PS/c1-18-5-6-9(20-21(2,17)22)8(12)10(19-6)14-4-3-7(15)13-11(14)16/h3-4,6,8-10H,5H2,1-2H3,(H,17,22)(H,13,15,16)/t6-,8+,9?,10-,21?/m1/s1. The first-order valence-electron chi connectivity index (χ1n) is 6.31. The molecule has 0 spiro atoms. The number of hydrogen-bond acceptors (Lipinski definition) is 6. The van der Waals surface area contributed by atoms with Crippen molar-refractivity contribution in [3.05, 3.63) is 33.1 Å². The molecular formula is C11H16FN2O6PS. The van der Waals surface area contributed by atoms with E-state index in [1.165, 1.54) is 13.8 Å². The minimum absolute atomic E-state index is 0.00494. The number of halogens is 1. The Morgan fingerprint density at radius 1 is 1.59 bits per heavy atom. The Morgan fingerprint density at radius 2 is 2.27 bits per heavy atom. The fourth-order valence-electron chi connectivity index (χ4n) is 2.20. The molecule has 2 rings (SSSR count). The number of methoxy groups -OCH3 is 1. The van der Waals surface area contributed by atoms with Crippen molar-refractivity contribution in [1.82, 2.24) is 9.55 Å². The van der Waals surface area contributed by atoms with Crippen LogP contribution in [-0.4, -0.2) is 53.2 Å². The summed E-state index contributed by atoms with van der Waals surface area (Å²) in [7, 11) is 1.40. The average Bonchev–Trinajstić information content (AvgIpc) is 2.67. The van der Waals surface area contributed by atoms with Crippen molar-refractivity contribution >= 4 is 18.3 Å². The van der Waals surface area contributed by atoms with Gasteiger partial charge in [0.25, 0.3) is 5.56 Å². The molecule has 2 unspecified atom stereocenters. The highest BCUT2D eigenvalue weighted by molar-refractivity contribution is 8.09. The summed E-state index contributed by atoms with van der Waals surface area (Å²) in [5.41, 5.74) is -1.41. The number of nitrogens with one attached hydrogen (secondary N) is 1. The highest BCUT2D eigenvalue weighted by atomic mass is 32.5. The van der Waals surface area contributed by atoms with Crippen LogP contribution in [0.4, 0.5) is 4.39 Å². The van der Waals surface area contributed by atoms with Crippen LogP contribution < -0.4 is 11.2 Å². The molecule has 2 heterocycles. The highest BCUT2D eigenvalue weighted by Crippen LogP contribution is 2.45. The molecule has 8 nitrogen and oxygen atoms in total. The molecule has 0 aliphatic carbocycles. The van der Waals surface area contributed by atoms with Crippen molar-refractivity contribution in [1.29, 1.82) is 0 Å². The molecule has 0 radical (unpaired) electrons. The van der Waals surface area contributed by atoms with Gasteiger partial charge in [0, 0.05) is 26.0 Å². The molecule has 0 aromatic carbocycles. The summed E-state index contributed by atoms with van der Waals surface area (Å²) in [5.74, 6) is 0. The van der Waals surface area contributed by atoms with Gasteiger partial charge in [-0.2, -0.15) is 0 Å². The lowest BCUT2D eigenvalue weighted by Crippen LogP contribution is -2.36. The van der Waals surface area contributed by atoms with Crippen LogP contribution in [0.15, 0.2) is 21.9 Å². The summed E-state index contributed by atoms with van der Waals surface area (Å²) < 4.78 is 31.1. The Balaban J connectivity index is 2.32. The molecule has 11 heteroatoms. The molecule has 1 aromatic rings. The third-order valence-corrected chi connectivity index (χ3v) is 3.93. The zero-order valence-electron chi connectivity index (χ0n) is 11.8. The second kappa shape index (κ2) is 6.69. The van der Waals surface area contributed by atoms with E-state index >= 15 is 0 Å². The smallest absolute Gasteiger partial charge is 0.330 e.